The third kappa shape index (κ3) is 1.68. The lowest BCUT2D eigenvalue weighted by molar-refractivity contribution is -0.140. The Labute approximate surface area is 136 Å². The zero-order valence-electron chi connectivity index (χ0n) is 13.3. The number of carbonyl (C=O) groups is 1. The van der Waals surface area contributed by atoms with Crippen LogP contribution in [0.1, 0.15) is 41.4 Å². The van der Waals surface area contributed by atoms with E-state index in [1.54, 1.807) is 0 Å². The molecule has 0 saturated heterocycles. The molecule has 5 rings (SSSR count). The van der Waals surface area contributed by atoms with Gasteiger partial charge >= 0.3 is 5.97 Å². The SMILES string of the molecule is Cc1cc2c3c(c1)[C@@H]1C=CC[C@@H]1[C@H](C(=O)O)N3C[C@@H]1CC=C[C@H]21. The molecule has 0 unspecified atom stereocenters. The summed E-state index contributed by atoms with van der Waals surface area (Å²) in [5.41, 5.74) is 5.24. The zero-order valence-corrected chi connectivity index (χ0v) is 13.3. The van der Waals surface area contributed by atoms with E-state index in [0.29, 0.717) is 11.8 Å². The highest BCUT2D eigenvalue weighted by Crippen LogP contribution is 2.55. The largest absolute Gasteiger partial charge is 0.480 e. The van der Waals surface area contributed by atoms with Gasteiger partial charge in [-0.25, -0.2) is 4.79 Å². The average molecular weight is 307 g/mol. The van der Waals surface area contributed by atoms with Crippen LogP contribution in [-0.2, 0) is 4.79 Å². The van der Waals surface area contributed by atoms with Gasteiger partial charge in [-0.2, -0.15) is 0 Å². The predicted molar refractivity (Wildman–Crippen MR) is 89.9 cm³/mol. The molecule has 4 aliphatic rings. The van der Waals surface area contributed by atoms with Crippen molar-refractivity contribution in [3.63, 3.8) is 0 Å². The number of fused-ring (bicyclic) bond motifs is 4. The Kier molecular flexibility index (Phi) is 2.62. The molecule has 0 saturated carbocycles. The molecule has 0 amide bonds. The number of carboxylic acid groups (broad SMARTS) is 1. The Morgan fingerprint density at radius 3 is 2.61 bits per heavy atom. The van der Waals surface area contributed by atoms with Crippen LogP contribution in [0.3, 0.4) is 0 Å². The molecule has 0 fully saturated rings. The molecule has 5 atom stereocenters. The van der Waals surface area contributed by atoms with E-state index in [0.717, 1.165) is 19.4 Å². The van der Waals surface area contributed by atoms with Crippen molar-refractivity contribution >= 4 is 11.7 Å². The van der Waals surface area contributed by atoms with E-state index in [4.69, 9.17) is 0 Å². The van der Waals surface area contributed by atoms with E-state index in [-0.39, 0.29) is 17.9 Å². The first kappa shape index (κ1) is 13.4. The molecule has 0 spiro atoms. The Hall–Kier alpha value is -2.03. The van der Waals surface area contributed by atoms with Crippen LogP contribution in [0.2, 0.25) is 0 Å². The van der Waals surface area contributed by atoms with E-state index in [1.807, 2.05) is 0 Å². The third-order valence-electron chi connectivity index (χ3n) is 6.25. The normalized spacial score (nSPS) is 35.9. The molecule has 2 aliphatic carbocycles. The van der Waals surface area contributed by atoms with Crippen LogP contribution in [0.5, 0.6) is 0 Å². The van der Waals surface area contributed by atoms with Crippen LogP contribution in [0.4, 0.5) is 5.69 Å². The molecule has 118 valence electrons. The average Bonchev–Trinajstić information content (AvgIpc) is 3.15. The first-order valence-corrected chi connectivity index (χ1v) is 8.62. The van der Waals surface area contributed by atoms with Crippen molar-refractivity contribution in [1.82, 2.24) is 0 Å². The van der Waals surface area contributed by atoms with E-state index < -0.39 is 5.97 Å². The molecule has 1 N–H and O–H groups in total. The Bertz CT molecular complexity index is 746. The van der Waals surface area contributed by atoms with Crippen molar-refractivity contribution in [3.05, 3.63) is 53.1 Å². The quantitative estimate of drug-likeness (QED) is 0.806. The summed E-state index contributed by atoms with van der Waals surface area (Å²) in [6.07, 6.45) is 11.0. The van der Waals surface area contributed by atoms with Gasteiger partial charge in [-0.05, 0) is 36.8 Å². The lowest BCUT2D eigenvalue weighted by Crippen LogP contribution is -2.54. The number of nitrogens with zero attached hydrogens (tertiary/aromatic N) is 1. The summed E-state index contributed by atoms with van der Waals surface area (Å²) in [5, 5.41) is 9.94. The molecule has 1 aromatic carbocycles. The van der Waals surface area contributed by atoms with E-state index >= 15 is 0 Å². The fraction of sp³-hybridized carbons (Fsp3) is 0.450. The minimum Gasteiger partial charge on any atom is -0.480 e. The van der Waals surface area contributed by atoms with E-state index in [9.17, 15) is 9.90 Å². The Balaban J connectivity index is 1.78. The van der Waals surface area contributed by atoms with Gasteiger partial charge in [0.25, 0.3) is 0 Å². The zero-order chi connectivity index (χ0) is 15.7. The van der Waals surface area contributed by atoms with Gasteiger partial charge in [-0.1, -0.05) is 42.0 Å². The fourth-order valence-corrected chi connectivity index (χ4v) is 5.40. The number of allylic oxidation sites excluding steroid dienone is 4. The van der Waals surface area contributed by atoms with Gasteiger partial charge in [-0.3, -0.25) is 0 Å². The summed E-state index contributed by atoms with van der Waals surface area (Å²) in [5.74, 6) is 0.787. The van der Waals surface area contributed by atoms with Crippen LogP contribution in [0.25, 0.3) is 0 Å². The van der Waals surface area contributed by atoms with Crippen molar-refractivity contribution < 1.29 is 9.90 Å². The second-order valence-corrected chi connectivity index (χ2v) is 7.53. The molecule has 2 aliphatic heterocycles. The lowest BCUT2D eigenvalue weighted by Gasteiger charge is -2.49. The molecule has 0 aromatic heterocycles. The van der Waals surface area contributed by atoms with Crippen LogP contribution in [-0.4, -0.2) is 23.7 Å². The molecule has 3 heteroatoms. The maximum atomic E-state index is 12.1. The summed E-state index contributed by atoms with van der Waals surface area (Å²) in [7, 11) is 0. The number of hydrogen-bond acceptors (Lipinski definition) is 2. The van der Waals surface area contributed by atoms with E-state index in [2.05, 4.69) is 48.3 Å². The minimum atomic E-state index is -0.662. The summed E-state index contributed by atoms with van der Waals surface area (Å²) in [4.78, 5) is 14.3. The first-order chi connectivity index (χ1) is 11.1. The highest BCUT2D eigenvalue weighted by atomic mass is 16.4. The number of rotatable bonds is 1. The Morgan fingerprint density at radius 2 is 1.83 bits per heavy atom. The van der Waals surface area contributed by atoms with Crippen LogP contribution in [0.15, 0.2) is 36.4 Å². The number of aryl methyl sites for hydroxylation is 1. The summed E-state index contributed by atoms with van der Waals surface area (Å²) >= 11 is 0. The number of hydrogen-bond donors (Lipinski definition) is 1. The summed E-state index contributed by atoms with van der Waals surface area (Å²) < 4.78 is 0. The monoisotopic (exact) mass is 307 g/mol. The maximum Gasteiger partial charge on any atom is 0.326 e. The third-order valence-corrected chi connectivity index (χ3v) is 6.25. The maximum absolute atomic E-state index is 12.1. The van der Waals surface area contributed by atoms with Gasteiger partial charge in [0.2, 0.25) is 0 Å². The smallest absolute Gasteiger partial charge is 0.326 e. The summed E-state index contributed by atoms with van der Waals surface area (Å²) in [6.45, 7) is 3.04. The van der Waals surface area contributed by atoms with Crippen LogP contribution >= 0.6 is 0 Å². The van der Waals surface area contributed by atoms with Gasteiger partial charge in [-0.15, -0.1) is 0 Å². The molecular formula is C20H21NO2. The van der Waals surface area contributed by atoms with Crippen LogP contribution < -0.4 is 4.90 Å². The molecule has 23 heavy (non-hydrogen) atoms. The molecule has 0 bridgehead atoms. The number of carboxylic acids is 1. The van der Waals surface area contributed by atoms with Crippen molar-refractivity contribution in [3.8, 4) is 0 Å². The topological polar surface area (TPSA) is 40.5 Å². The van der Waals surface area contributed by atoms with E-state index in [1.165, 1.54) is 22.4 Å². The first-order valence-electron chi connectivity index (χ1n) is 8.62. The second kappa shape index (κ2) is 4.50. The van der Waals surface area contributed by atoms with Crippen molar-refractivity contribution in [2.24, 2.45) is 11.8 Å². The van der Waals surface area contributed by atoms with Crippen molar-refractivity contribution in [2.45, 2.75) is 37.6 Å². The van der Waals surface area contributed by atoms with Crippen molar-refractivity contribution in [1.29, 1.82) is 0 Å². The standard InChI is InChI=1S/C20H21NO2/c1-11-8-16-13-5-2-4-12(13)10-21-18(16)17(9-11)14-6-3-7-15(14)19(21)20(22)23/h2-3,5-6,8-9,12-15,19H,4,7,10H2,1H3,(H,22,23)/t12-,13-,14+,15-,19+/m0/s1. The second-order valence-electron chi connectivity index (χ2n) is 7.53. The predicted octanol–water partition coefficient (Wildman–Crippen LogP) is 3.60. The minimum absolute atomic E-state index is 0.181. The number of benzene rings is 1. The van der Waals surface area contributed by atoms with Gasteiger partial charge in [0, 0.05) is 30.0 Å². The Morgan fingerprint density at radius 1 is 1.13 bits per heavy atom. The highest BCUT2D eigenvalue weighted by Gasteiger charge is 2.49. The molecule has 3 nitrogen and oxygen atoms in total. The van der Waals surface area contributed by atoms with Crippen LogP contribution in [0, 0.1) is 18.8 Å². The van der Waals surface area contributed by atoms with Gasteiger partial charge in [0.1, 0.15) is 6.04 Å². The van der Waals surface area contributed by atoms with Gasteiger partial charge in [0.15, 0.2) is 0 Å². The molecule has 1 aromatic rings. The molecule has 0 radical (unpaired) electrons. The lowest BCUT2D eigenvalue weighted by atomic mass is 9.71. The van der Waals surface area contributed by atoms with Crippen molar-refractivity contribution in [2.75, 3.05) is 11.4 Å². The van der Waals surface area contributed by atoms with Gasteiger partial charge in [0.05, 0.1) is 0 Å². The number of anilines is 1. The summed E-state index contributed by atoms with van der Waals surface area (Å²) in [6, 6.07) is 4.19. The van der Waals surface area contributed by atoms with Gasteiger partial charge < -0.3 is 10.0 Å². The number of aliphatic carboxylic acids is 1. The molecule has 2 heterocycles. The highest BCUT2D eigenvalue weighted by molar-refractivity contribution is 5.84. The fourth-order valence-electron chi connectivity index (χ4n) is 5.40. The molecular weight excluding hydrogens is 286 g/mol.